The molecule has 1 fully saturated rings. The Labute approximate surface area is 163 Å². The van der Waals surface area contributed by atoms with Crippen molar-refractivity contribution in [2.45, 2.75) is 26.8 Å². The molecule has 6 heteroatoms. The van der Waals surface area contributed by atoms with E-state index in [0.29, 0.717) is 17.3 Å². The number of furan rings is 1. The van der Waals surface area contributed by atoms with Crippen molar-refractivity contribution in [3.05, 3.63) is 52.9 Å². The van der Waals surface area contributed by atoms with Gasteiger partial charge in [-0.3, -0.25) is 4.90 Å². The molecule has 0 radical (unpaired) electrons. The van der Waals surface area contributed by atoms with Crippen molar-refractivity contribution in [1.29, 1.82) is 0 Å². The Kier molecular flexibility index (Phi) is 4.02. The molecule has 3 aromatic rings. The third-order valence-corrected chi connectivity index (χ3v) is 5.67. The monoisotopic (exact) mass is 374 g/mol. The molecule has 0 amide bonds. The highest BCUT2D eigenvalue weighted by atomic mass is 16.4. The van der Waals surface area contributed by atoms with E-state index in [-0.39, 0.29) is 5.75 Å². The molecular weight excluding hydrogens is 352 g/mol. The van der Waals surface area contributed by atoms with E-state index in [9.17, 15) is 5.11 Å². The number of aryl methyl sites for hydroxylation is 1. The molecule has 142 valence electrons. The molecule has 1 saturated heterocycles. The first-order valence-electron chi connectivity index (χ1n) is 9.65. The summed E-state index contributed by atoms with van der Waals surface area (Å²) in [6.07, 6.45) is 4.66. The van der Waals surface area contributed by atoms with Crippen molar-refractivity contribution >= 4 is 28.6 Å². The van der Waals surface area contributed by atoms with Gasteiger partial charge in [-0.05, 0) is 49.6 Å². The van der Waals surface area contributed by atoms with E-state index in [4.69, 9.17) is 4.42 Å². The summed E-state index contributed by atoms with van der Waals surface area (Å²) in [6.45, 7) is 7.43. The summed E-state index contributed by atoms with van der Waals surface area (Å²) in [5.74, 6) is 1.86. The summed E-state index contributed by atoms with van der Waals surface area (Å²) in [5.41, 5.74) is 4.55. The molecule has 1 unspecified atom stereocenters. The molecule has 1 N–H and O–H groups in total. The van der Waals surface area contributed by atoms with Gasteiger partial charge in [-0.1, -0.05) is 13.0 Å². The largest absolute Gasteiger partial charge is 0.504 e. The minimum Gasteiger partial charge on any atom is -0.504 e. The summed E-state index contributed by atoms with van der Waals surface area (Å²) in [4.78, 5) is 6.66. The van der Waals surface area contributed by atoms with Crippen molar-refractivity contribution in [2.24, 2.45) is 16.1 Å². The van der Waals surface area contributed by atoms with Crippen LogP contribution in [-0.2, 0) is 6.54 Å². The maximum Gasteiger partial charge on any atom is 0.183 e. The Bertz CT molecular complexity index is 1130. The molecule has 2 aliphatic heterocycles. The molecule has 5 rings (SSSR count). The Morgan fingerprint density at radius 1 is 1.29 bits per heavy atom. The molecule has 0 bridgehead atoms. The zero-order chi connectivity index (χ0) is 19.3. The first kappa shape index (κ1) is 17.1. The quantitative estimate of drug-likeness (QED) is 0.677. The lowest BCUT2D eigenvalue weighted by molar-refractivity contribution is 0.319. The van der Waals surface area contributed by atoms with Gasteiger partial charge in [0.15, 0.2) is 17.3 Å². The fourth-order valence-electron chi connectivity index (χ4n) is 4.07. The van der Waals surface area contributed by atoms with Gasteiger partial charge in [0, 0.05) is 36.5 Å². The van der Waals surface area contributed by atoms with Crippen LogP contribution < -0.4 is 0 Å². The zero-order valence-electron chi connectivity index (χ0n) is 16.0. The lowest BCUT2D eigenvalue weighted by atomic mass is 10.0. The van der Waals surface area contributed by atoms with Crippen LogP contribution in [0.5, 0.6) is 5.75 Å². The van der Waals surface area contributed by atoms with E-state index in [0.717, 1.165) is 47.6 Å². The van der Waals surface area contributed by atoms with Crippen molar-refractivity contribution in [3.8, 4) is 5.75 Å². The van der Waals surface area contributed by atoms with Gasteiger partial charge in [0.1, 0.15) is 11.3 Å². The second-order valence-corrected chi connectivity index (χ2v) is 7.79. The molecule has 2 aliphatic rings. The van der Waals surface area contributed by atoms with Gasteiger partial charge in [-0.15, -0.1) is 10.2 Å². The van der Waals surface area contributed by atoms with Crippen molar-refractivity contribution < 1.29 is 9.52 Å². The van der Waals surface area contributed by atoms with Gasteiger partial charge in [0.25, 0.3) is 0 Å². The molecule has 2 aromatic heterocycles. The van der Waals surface area contributed by atoms with E-state index in [1.54, 1.807) is 12.3 Å². The summed E-state index contributed by atoms with van der Waals surface area (Å²) in [6, 6.07) is 7.74. The molecule has 4 heterocycles. The number of aromatic nitrogens is 1. The SMILES string of the molecule is Cc1ccc2c(O)c(C=C3N=Nc4ncccc43)oc2c1CN1CCC(C)C1. The van der Waals surface area contributed by atoms with Crippen LogP contribution in [0.25, 0.3) is 22.7 Å². The first-order valence-corrected chi connectivity index (χ1v) is 9.65. The minimum atomic E-state index is 0.145. The van der Waals surface area contributed by atoms with Crippen LogP contribution in [0, 0.1) is 12.8 Å². The van der Waals surface area contributed by atoms with Crippen LogP contribution in [0.1, 0.15) is 35.8 Å². The number of azo groups is 1. The van der Waals surface area contributed by atoms with E-state index < -0.39 is 0 Å². The predicted molar refractivity (Wildman–Crippen MR) is 108 cm³/mol. The normalized spacial score (nSPS) is 20.5. The molecule has 0 saturated carbocycles. The third kappa shape index (κ3) is 2.81. The molecule has 1 atom stereocenters. The Morgan fingerprint density at radius 3 is 3.00 bits per heavy atom. The number of rotatable bonds is 3. The van der Waals surface area contributed by atoms with Gasteiger partial charge in [0.05, 0.1) is 5.39 Å². The fourth-order valence-corrected chi connectivity index (χ4v) is 4.07. The van der Waals surface area contributed by atoms with E-state index in [1.165, 1.54) is 12.0 Å². The second-order valence-electron chi connectivity index (χ2n) is 7.79. The van der Waals surface area contributed by atoms with Crippen LogP contribution in [0.4, 0.5) is 5.82 Å². The zero-order valence-corrected chi connectivity index (χ0v) is 16.0. The third-order valence-electron chi connectivity index (χ3n) is 5.67. The van der Waals surface area contributed by atoms with Crippen molar-refractivity contribution in [2.75, 3.05) is 13.1 Å². The van der Waals surface area contributed by atoms with Crippen LogP contribution in [0.15, 0.2) is 45.1 Å². The number of pyridine rings is 1. The molecule has 0 aliphatic carbocycles. The number of likely N-dealkylation sites (tertiary alicyclic amines) is 1. The van der Waals surface area contributed by atoms with Gasteiger partial charge >= 0.3 is 0 Å². The summed E-state index contributed by atoms with van der Waals surface area (Å²) in [7, 11) is 0. The number of fused-ring (bicyclic) bond motifs is 2. The molecular formula is C22H22N4O2. The minimum absolute atomic E-state index is 0.145. The first-order chi connectivity index (χ1) is 13.6. The van der Waals surface area contributed by atoms with Crippen molar-refractivity contribution in [3.63, 3.8) is 0 Å². The highest BCUT2D eigenvalue weighted by Crippen LogP contribution is 2.40. The molecule has 6 nitrogen and oxygen atoms in total. The Morgan fingerprint density at radius 2 is 2.18 bits per heavy atom. The standard InChI is InChI=1S/C22H22N4O2/c1-13-7-9-26(11-13)12-17-14(2)5-6-16-20(27)19(28-21(16)17)10-18-15-4-3-8-23-22(15)25-24-18/h3-6,8,10,13,27H,7,9,11-12H2,1-2H3. The summed E-state index contributed by atoms with van der Waals surface area (Å²) in [5, 5.41) is 19.8. The Balaban J connectivity index is 1.57. The topological polar surface area (TPSA) is 74.2 Å². The summed E-state index contributed by atoms with van der Waals surface area (Å²) >= 11 is 0. The van der Waals surface area contributed by atoms with Gasteiger partial charge in [0.2, 0.25) is 0 Å². The van der Waals surface area contributed by atoms with E-state index >= 15 is 0 Å². The van der Waals surface area contributed by atoms with Gasteiger partial charge in [-0.25, -0.2) is 4.98 Å². The average molecular weight is 374 g/mol. The van der Waals surface area contributed by atoms with Crippen molar-refractivity contribution in [1.82, 2.24) is 9.88 Å². The molecule has 0 spiro atoms. The smallest absolute Gasteiger partial charge is 0.183 e. The van der Waals surface area contributed by atoms with Crippen LogP contribution >= 0.6 is 0 Å². The Hall–Kier alpha value is -2.99. The number of hydrogen-bond acceptors (Lipinski definition) is 6. The van der Waals surface area contributed by atoms with Gasteiger partial charge in [-0.2, -0.15) is 0 Å². The number of nitrogens with zero attached hydrogens (tertiary/aromatic N) is 4. The lowest BCUT2D eigenvalue weighted by Crippen LogP contribution is -2.20. The predicted octanol–water partition coefficient (Wildman–Crippen LogP) is 5.28. The summed E-state index contributed by atoms with van der Waals surface area (Å²) < 4.78 is 6.15. The highest BCUT2D eigenvalue weighted by Gasteiger charge is 2.23. The fraction of sp³-hybridized carbons (Fsp3) is 0.318. The van der Waals surface area contributed by atoms with Crippen LogP contribution in [-0.4, -0.2) is 28.1 Å². The highest BCUT2D eigenvalue weighted by molar-refractivity contribution is 5.94. The van der Waals surface area contributed by atoms with E-state index in [1.807, 2.05) is 18.2 Å². The molecule has 1 aromatic carbocycles. The number of aromatic hydroxyl groups is 1. The van der Waals surface area contributed by atoms with Crippen LogP contribution in [0.3, 0.4) is 0 Å². The molecule has 28 heavy (non-hydrogen) atoms. The number of hydrogen-bond donors (Lipinski definition) is 1. The van der Waals surface area contributed by atoms with E-state index in [2.05, 4.69) is 40.0 Å². The second kappa shape index (κ2) is 6.56. The average Bonchev–Trinajstić information content (AvgIpc) is 3.37. The van der Waals surface area contributed by atoms with Crippen LogP contribution in [0.2, 0.25) is 0 Å². The maximum absolute atomic E-state index is 10.8. The maximum atomic E-state index is 10.8. The van der Waals surface area contributed by atoms with Gasteiger partial charge < -0.3 is 9.52 Å². The lowest BCUT2D eigenvalue weighted by Gasteiger charge is -2.17. The number of benzene rings is 1.